The molecular formula is C17H30O2Si2. The van der Waals surface area contributed by atoms with Crippen molar-refractivity contribution in [3.63, 3.8) is 0 Å². The molecule has 0 radical (unpaired) electrons. The molecule has 0 amide bonds. The van der Waals surface area contributed by atoms with Crippen LogP contribution in [-0.4, -0.2) is 31.3 Å². The number of benzene rings is 1. The minimum absolute atomic E-state index is 0.626. The van der Waals surface area contributed by atoms with Crippen LogP contribution in [0.1, 0.15) is 39.0 Å². The molecule has 1 aromatic carbocycles. The van der Waals surface area contributed by atoms with Crippen LogP contribution in [0.2, 0.25) is 18.1 Å². The zero-order valence-electron chi connectivity index (χ0n) is 13.4. The second-order valence-electron chi connectivity index (χ2n) is 6.04. The third-order valence-corrected chi connectivity index (χ3v) is 9.92. The monoisotopic (exact) mass is 322 g/mol. The van der Waals surface area contributed by atoms with E-state index in [1.807, 2.05) is 0 Å². The van der Waals surface area contributed by atoms with Crippen molar-refractivity contribution in [2.75, 3.05) is 13.2 Å². The zero-order chi connectivity index (χ0) is 14.8. The van der Waals surface area contributed by atoms with Gasteiger partial charge in [0.1, 0.15) is 0 Å². The van der Waals surface area contributed by atoms with Crippen LogP contribution in [0.25, 0.3) is 0 Å². The Hall–Kier alpha value is -0.426. The summed E-state index contributed by atoms with van der Waals surface area (Å²) in [5.41, 5.74) is 0. The minimum Gasteiger partial charge on any atom is -0.420 e. The largest absolute Gasteiger partial charge is 0.420 e. The smallest absolute Gasteiger partial charge is 0.208 e. The highest BCUT2D eigenvalue weighted by molar-refractivity contribution is 6.67. The van der Waals surface area contributed by atoms with Gasteiger partial charge in [0, 0.05) is 13.2 Å². The molecule has 2 atom stereocenters. The van der Waals surface area contributed by atoms with E-state index in [0.717, 1.165) is 13.2 Å². The lowest BCUT2D eigenvalue weighted by Gasteiger charge is -2.21. The zero-order valence-corrected chi connectivity index (χ0v) is 15.7. The van der Waals surface area contributed by atoms with Crippen molar-refractivity contribution in [2.45, 2.75) is 57.2 Å². The first-order valence-corrected chi connectivity index (χ1v) is 12.6. The Balaban J connectivity index is 0.000000161. The molecule has 0 spiro atoms. The van der Waals surface area contributed by atoms with Crippen LogP contribution in [0.4, 0.5) is 0 Å². The second kappa shape index (κ2) is 10.3. The van der Waals surface area contributed by atoms with E-state index in [9.17, 15) is 0 Å². The van der Waals surface area contributed by atoms with E-state index in [4.69, 9.17) is 8.85 Å². The molecule has 2 aliphatic heterocycles. The fourth-order valence-electron chi connectivity index (χ4n) is 3.03. The molecule has 2 fully saturated rings. The second-order valence-corrected chi connectivity index (χ2v) is 11.3. The Kier molecular flexibility index (Phi) is 8.33. The number of rotatable bonds is 3. The lowest BCUT2D eigenvalue weighted by atomic mass is 10.3. The molecule has 2 aliphatic rings. The molecule has 0 saturated carbocycles. The van der Waals surface area contributed by atoms with Gasteiger partial charge >= 0.3 is 0 Å². The summed E-state index contributed by atoms with van der Waals surface area (Å²) >= 11 is 0. The Morgan fingerprint density at radius 3 is 2.19 bits per heavy atom. The summed E-state index contributed by atoms with van der Waals surface area (Å²) < 4.78 is 11.5. The van der Waals surface area contributed by atoms with Crippen molar-refractivity contribution < 1.29 is 8.85 Å². The van der Waals surface area contributed by atoms with Gasteiger partial charge in [0.25, 0.3) is 0 Å². The molecule has 0 N–H and O–H groups in total. The quantitative estimate of drug-likeness (QED) is 0.795. The summed E-state index contributed by atoms with van der Waals surface area (Å²) in [6, 6.07) is 14.9. The van der Waals surface area contributed by atoms with Gasteiger partial charge in [-0.1, -0.05) is 56.5 Å². The van der Waals surface area contributed by atoms with Gasteiger partial charge in [-0.25, -0.2) is 0 Å². The molecule has 0 aliphatic carbocycles. The van der Waals surface area contributed by atoms with Crippen molar-refractivity contribution in [1.29, 1.82) is 0 Å². The van der Waals surface area contributed by atoms with Crippen LogP contribution >= 0.6 is 0 Å². The fraction of sp³-hybridized carbons (Fsp3) is 0.647. The number of hydrogen-bond acceptors (Lipinski definition) is 2. The Labute approximate surface area is 133 Å². The Morgan fingerprint density at radius 1 is 0.905 bits per heavy atom. The molecule has 118 valence electrons. The van der Waals surface area contributed by atoms with Crippen molar-refractivity contribution in [3.8, 4) is 0 Å². The molecule has 4 heteroatoms. The van der Waals surface area contributed by atoms with Gasteiger partial charge in [0.2, 0.25) is 9.04 Å². The predicted molar refractivity (Wildman–Crippen MR) is 95.5 cm³/mol. The first-order valence-electron chi connectivity index (χ1n) is 8.68. The summed E-state index contributed by atoms with van der Waals surface area (Å²) in [7, 11) is -1.61. The molecule has 3 rings (SSSR count). The van der Waals surface area contributed by atoms with E-state index in [0.29, 0.717) is 0 Å². The Bertz CT molecular complexity index is 358. The fourth-order valence-corrected chi connectivity index (χ4v) is 7.99. The lowest BCUT2D eigenvalue weighted by Crippen LogP contribution is -2.36. The van der Waals surface area contributed by atoms with Crippen LogP contribution in [0.3, 0.4) is 0 Å². The molecule has 2 saturated heterocycles. The molecule has 1 aromatic rings. The lowest BCUT2D eigenvalue weighted by molar-refractivity contribution is 0.286. The molecule has 21 heavy (non-hydrogen) atoms. The van der Waals surface area contributed by atoms with Gasteiger partial charge in [-0.05, 0) is 36.2 Å². The SMILES string of the molecule is CCC[SiH]1CCCCO1.c1ccc([SiH]2CCCCO2)cc1. The van der Waals surface area contributed by atoms with Crippen molar-refractivity contribution >= 4 is 23.3 Å². The summed E-state index contributed by atoms with van der Waals surface area (Å²) in [5.74, 6) is 0. The van der Waals surface area contributed by atoms with Gasteiger partial charge in [-0.2, -0.15) is 0 Å². The predicted octanol–water partition coefficient (Wildman–Crippen LogP) is 3.36. The molecule has 2 unspecified atom stereocenters. The van der Waals surface area contributed by atoms with Crippen LogP contribution in [0.15, 0.2) is 30.3 Å². The minimum atomic E-state index is -0.984. The average Bonchev–Trinajstić information content (AvgIpc) is 2.58. The Morgan fingerprint density at radius 2 is 1.62 bits per heavy atom. The molecule has 2 heterocycles. The van der Waals surface area contributed by atoms with E-state index in [-0.39, 0.29) is 0 Å². The highest BCUT2D eigenvalue weighted by Crippen LogP contribution is 2.14. The van der Waals surface area contributed by atoms with E-state index < -0.39 is 18.1 Å². The van der Waals surface area contributed by atoms with Crippen LogP contribution in [-0.2, 0) is 8.85 Å². The highest BCUT2D eigenvalue weighted by Gasteiger charge is 2.17. The summed E-state index contributed by atoms with van der Waals surface area (Å²) in [6.07, 6.45) is 6.71. The van der Waals surface area contributed by atoms with Gasteiger partial charge in [-0.3, -0.25) is 0 Å². The van der Waals surface area contributed by atoms with Crippen LogP contribution in [0, 0.1) is 0 Å². The molecule has 2 nitrogen and oxygen atoms in total. The maximum absolute atomic E-state index is 5.80. The van der Waals surface area contributed by atoms with E-state index in [1.54, 1.807) is 0 Å². The van der Waals surface area contributed by atoms with E-state index >= 15 is 0 Å². The molecule has 0 aromatic heterocycles. The first kappa shape index (κ1) is 16.9. The topological polar surface area (TPSA) is 18.5 Å². The standard InChI is InChI=1S/C10H14OSi.C7H16OSi/c1-2-6-10(7-3-1)12-9-5-4-8-11-12;1-2-6-9-7-4-3-5-8-9/h1-3,6-7,12H,4-5,8-9H2;9H,2-7H2,1H3. The van der Waals surface area contributed by atoms with Crippen molar-refractivity contribution in [2.24, 2.45) is 0 Å². The summed E-state index contributed by atoms with van der Waals surface area (Å²) in [4.78, 5) is 0. The molecule has 0 bridgehead atoms. The van der Waals surface area contributed by atoms with E-state index in [1.165, 1.54) is 55.4 Å². The number of hydrogen-bond donors (Lipinski definition) is 0. The summed E-state index contributed by atoms with van der Waals surface area (Å²) in [5, 5.41) is 1.47. The van der Waals surface area contributed by atoms with Gasteiger partial charge < -0.3 is 8.85 Å². The molecular weight excluding hydrogens is 292 g/mol. The highest BCUT2D eigenvalue weighted by atomic mass is 28.3. The maximum Gasteiger partial charge on any atom is 0.208 e. The first-order chi connectivity index (χ1) is 10.4. The van der Waals surface area contributed by atoms with Crippen LogP contribution < -0.4 is 5.19 Å². The average molecular weight is 323 g/mol. The normalized spacial score (nSPS) is 25.8. The summed E-state index contributed by atoms with van der Waals surface area (Å²) in [6.45, 7) is 4.31. The van der Waals surface area contributed by atoms with Crippen LogP contribution in [0.5, 0.6) is 0 Å². The third-order valence-electron chi connectivity index (χ3n) is 4.24. The van der Waals surface area contributed by atoms with Crippen molar-refractivity contribution in [3.05, 3.63) is 30.3 Å². The maximum atomic E-state index is 5.80. The van der Waals surface area contributed by atoms with Gasteiger partial charge in [0.05, 0.1) is 0 Å². The van der Waals surface area contributed by atoms with E-state index in [2.05, 4.69) is 37.3 Å². The van der Waals surface area contributed by atoms with Gasteiger partial charge in [-0.15, -0.1) is 0 Å². The third kappa shape index (κ3) is 6.47. The van der Waals surface area contributed by atoms with Gasteiger partial charge in [0.15, 0.2) is 9.04 Å². The van der Waals surface area contributed by atoms with Crippen molar-refractivity contribution in [1.82, 2.24) is 0 Å².